The van der Waals surface area contributed by atoms with Crippen LogP contribution in [0.3, 0.4) is 0 Å². The van der Waals surface area contributed by atoms with Crippen LogP contribution >= 0.6 is 0 Å². The molecule has 0 aliphatic carbocycles. The number of aromatic amines is 1. The Bertz CT molecular complexity index is 2130. The SMILES string of the molecule is CCN(c1cc(-c2ccc(CN3CCN(Cc4ccc(C5CCC(=O)NC5=O)cc4)CC3)cc2)cc(C(=O)NCc2c(C)cc(C)[nH]c2=O)c1C)C1CCOCC1. The summed E-state index contributed by atoms with van der Waals surface area (Å²) in [6.07, 6.45) is 2.83. The summed E-state index contributed by atoms with van der Waals surface area (Å²) in [5.74, 6) is -0.835. The topological polar surface area (TPSA) is 127 Å². The number of rotatable bonds is 12. The molecule has 0 saturated carbocycles. The molecule has 1 unspecified atom stereocenters. The molecular formula is C46H56N6O5. The highest BCUT2D eigenvalue weighted by molar-refractivity contribution is 6.01. The van der Waals surface area contributed by atoms with E-state index in [1.807, 2.05) is 45.0 Å². The predicted octanol–water partition coefficient (Wildman–Crippen LogP) is 5.74. The number of ether oxygens (including phenoxy) is 1. The number of carbonyl (C=O) groups is 3. The number of pyridine rings is 1. The Hall–Kier alpha value is -5.10. The zero-order chi connectivity index (χ0) is 40.1. The molecule has 7 rings (SSSR count). The summed E-state index contributed by atoms with van der Waals surface area (Å²) < 4.78 is 5.69. The van der Waals surface area contributed by atoms with Crippen molar-refractivity contribution in [2.45, 2.75) is 85.0 Å². The first kappa shape index (κ1) is 40.1. The second-order valence-corrected chi connectivity index (χ2v) is 15.9. The van der Waals surface area contributed by atoms with Crippen molar-refractivity contribution in [3.63, 3.8) is 0 Å². The van der Waals surface area contributed by atoms with E-state index in [9.17, 15) is 19.2 Å². The lowest BCUT2D eigenvalue weighted by atomic mass is 9.90. The Balaban J connectivity index is 1.01. The fraction of sp³-hybridized carbons (Fsp3) is 0.435. The first-order valence-corrected chi connectivity index (χ1v) is 20.5. The van der Waals surface area contributed by atoms with Gasteiger partial charge in [0.05, 0.1) is 5.92 Å². The summed E-state index contributed by atoms with van der Waals surface area (Å²) in [6.45, 7) is 16.0. The number of aromatic nitrogens is 1. The molecule has 0 spiro atoms. The third kappa shape index (κ3) is 9.55. The average molecular weight is 773 g/mol. The zero-order valence-electron chi connectivity index (χ0n) is 33.8. The van der Waals surface area contributed by atoms with E-state index in [0.29, 0.717) is 30.0 Å². The lowest BCUT2D eigenvalue weighted by Crippen LogP contribution is -2.45. The highest BCUT2D eigenvalue weighted by atomic mass is 16.5. The van der Waals surface area contributed by atoms with E-state index in [1.165, 1.54) is 11.1 Å². The number of anilines is 1. The molecule has 0 radical (unpaired) electrons. The number of carbonyl (C=O) groups excluding carboxylic acids is 3. The van der Waals surface area contributed by atoms with E-state index < -0.39 is 0 Å². The van der Waals surface area contributed by atoms with Crippen molar-refractivity contribution in [1.29, 1.82) is 0 Å². The molecule has 11 nitrogen and oxygen atoms in total. The lowest BCUT2D eigenvalue weighted by molar-refractivity contribution is -0.134. The van der Waals surface area contributed by atoms with Crippen molar-refractivity contribution in [1.82, 2.24) is 25.4 Å². The third-order valence-corrected chi connectivity index (χ3v) is 12.0. The summed E-state index contributed by atoms with van der Waals surface area (Å²) in [7, 11) is 0. The summed E-state index contributed by atoms with van der Waals surface area (Å²) in [4.78, 5) is 60.8. The maximum Gasteiger partial charge on any atom is 0.253 e. The Kier molecular flexibility index (Phi) is 12.7. The predicted molar refractivity (Wildman–Crippen MR) is 223 cm³/mol. The van der Waals surface area contributed by atoms with E-state index >= 15 is 0 Å². The Morgan fingerprint density at radius 3 is 2.05 bits per heavy atom. The molecule has 3 aliphatic rings. The molecule has 300 valence electrons. The summed E-state index contributed by atoms with van der Waals surface area (Å²) >= 11 is 0. The van der Waals surface area contributed by atoms with Crippen molar-refractivity contribution >= 4 is 23.4 Å². The number of nitrogens with zero attached hydrogens (tertiary/aromatic N) is 3. The molecule has 4 heterocycles. The molecule has 3 N–H and O–H groups in total. The van der Waals surface area contributed by atoms with Crippen LogP contribution in [-0.2, 0) is 34.0 Å². The molecule has 3 amide bonds. The maximum absolute atomic E-state index is 14.0. The van der Waals surface area contributed by atoms with Crippen LogP contribution in [-0.4, -0.2) is 84.5 Å². The lowest BCUT2D eigenvalue weighted by Gasteiger charge is -2.37. The van der Waals surface area contributed by atoms with Gasteiger partial charge in [0.2, 0.25) is 11.8 Å². The van der Waals surface area contributed by atoms with E-state index in [2.05, 4.69) is 79.7 Å². The van der Waals surface area contributed by atoms with Gasteiger partial charge in [0.15, 0.2) is 0 Å². The fourth-order valence-electron chi connectivity index (χ4n) is 8.68. The molecule has 11 heteroatoms. The number of hydrogen-bond acceptors (Lipinski definition) is 8. The van der Waals surface area contributed by atoms with Gasteiger partial charge in [-0.3, -0.25) is 34.3 Å². The van der Waals surface area contributed by atoms with Crippen LogP contribution in [0.5, 0.6) is 0 Å². The second-order valence-electron chi connectivity index (χ2n) is 15.9. The van der Waals surface area contributed by atoms with Crippen molar-refractivity contribution in [2.24, 2.45) is 0 Å². The van der Waals surface area contributed by atoms with Crippen molar-refractivity contribution < 1.29 is 19.1 Å². The van der Waals surface area contributed by atoms with Crippen LogP contribution in [0.15, 0.2) is 71.5 Å². The molecule has 4 aromatic rings. The van der Waals surface area contributed by atoms with Gasteiger partial charge in [-0.1, -0.05) is 48.5 Å². The number of piperidine rings is 1. The molecular weight excluding hydrogens is 717 g/mol. The van der Waals surface area contributed by atoms with Gasteiger partial charge in [-0.2, -0.15) is 0 Å². The number of H-pyrrole nitrogens is 1. The number of aryl methyl sites for hydroxylation is 2. The largest absolute Gasteiger partial charge is 0.381 e. The molecule has 3 fully saturated rings. The van der Waals surface area contributed by atoms with Crippen LogP contribution in [0.4, 0.5) is 5.69 Å². The highest BCUT2D eigenvalue weighted by Gasteiger charge is 2.28. The monoisotopic (exact) mass is 772 g/mol. The van der Waals surface area contributed by atoms with Crippen molar-refractivity contribution in [3.05, 3.63) is 122 Å². The molecule has 3 aliphatic heterocycles. The quantitative estimate of drug-likeness (QED) is 0.156. The van der Waals surface area contributed by atoms with Crippen LogP contribution in [0.1, 0.15) is 88.0 Å². The van der Waals surface area contributed by atoms with Gasteiger partial charge < -0.3 is 19.9 Å². The highest BCUT2D eigenvalue weighted by Crippen LogP contribution is 2.34. The molecule has 1 atom stereocenters. The van der Waals surface area contributed by atoms with Crippen LogP contribution in [0.2, 0.25) is 0 Å². The minimum atomic E-state index is -0.255. The third-order valence-electron chi connectivity index (χ3n) is 12.0. The molecule has 0 bridgehead atoms. The summed E-state index contributed by atoms with van der Waals surface area (Å²) in [5.41, 5.74) is 10.1. The number of amides is 3. The fourth-order valence-corrected chi connectivity index (χ4v) is 8.68. The second kappa shape index (κ2) is 18.0. The van der Waals surface area contributed by atoms with Gasteiger partial charge in [0, 0.05) is 101 Å². The number of piperazine rings is 1. The van der Waals surface area contributed by atoms with Crippen molar-refractivity contribution in [2.75, 3.05) is 50.8 Å². The van der Waals surface area contributed by atoms with E-state index in [0.717, 1.165) is 111 Å². The van der Waals surface area contributed by atoms with Crippen molar-refractivity contribution in [3.8, 4) is 11.1 Å². The van der Waals surface area contributed by atoms with Gasteiger partial charge in [-0.15, -0.1) is 0 Å². The Morgan fingerprint density at radius 2 is 1.46 bits per heavy atom. The Labute approximate surface area is 335 Å². The standard InChI is InChI=1S/C46H56N6O5/c1-5-52(38-16-22-57-23-17-38)42-26-37(25-40(32(42)4)44(54)47-27-41-30(2)24-31(3)48-46(41)56)35-10-6-33(7-11-35)28-50-18-20-51(21-19-50)29-34-8-12-36(13-9-34)39-14-15-43(53)49-45(39)55/h6-13,24-26,38-39H,5,14-23,27-29H2,1-4H3,(H,47,54)(H,48,56)(H,49,53,55). The minimum absolute atomic E-state index is 0.152. The van der Waals surface area contributed by atoms with Gasteiger partial charge in [-0.05, 0) is 104 Å². The number of hydrogen-bond donors (Lipinski definition) is 3. The normalized spacial score (nSPS) is 18.4. The number of nitrogens with one attached hydrogen (secondary N) is 3. The van der Waals surface area contributed by atoms with Gasteiger partial charge in [0.1, 0.15) is 0 Å². The van der Waals surface area contributed by atoms with E-state index in [4.69, 9.17) is 4.74 Å². The zero-order valence-corrected chi connectivity index (χ0v) is 33.8. The summed E-state index contributed by atoms with van der Waals surface area (Å²) in [6, 6.07) is 23.5. The van der Waals surface area contributed by atoms with Crippen LogP contribution in [0, 0.1) is 20.8 Å². The van der Waals surface area contributed by atoms with Gasteiger partial charge >= 0.3 is 0 Å². The number of benzene rings is 3. The first-order valence-electron chi connectivity index (χ1n) is 20.5. The smallest absolute Gasteiger partial charge is 0.253 e. The van der Waals surface area contributed by atoms with E-state index in [-0.39, 0.29) is 35.7 Å². The maximum atomic E-state index is 14.0. The van der Waals surface area contributed by atoms with Crippen LogP contribution < -0.4 is 21.1 Å². The molecule has 57 heavy (non-hydrogen) atoms. The van der Waals surface area contributed by atoms with Gasteiger partial charge in [-0.25, -0.2) is 0 Å². The van der Waals surface area contributed by atoms with Gasteiger partial charge in [0.25, 0.3) is 11.5 Å². The van der Waals surface area contributed by atoms with Crippen LogP contribution in [0.25, 0.3) is 11.1 Å². The summed E-state index contributed by atoms with van der Waals surface area (Å²) in [5, 5.41) is 5.52. The molecule has 3 saturated heterocycles. The van der Waals surface area contributed by atoms with E-state index in [1.54, 1.807) is 0 Å². The molecule has 3 aromatic carbocycles. The molecule has 1 aromatic heterocycles. The Morgan fingerprint density at radius 1 is 0.825 bits per heavy atom. The average Bonchev–Trinajstić information content (AvgIpc) is 3.20. The number of imide groups is 1. The minimum Gasteiger partial charge on any atom is -0.381 e. The first-order chi connectivity index (χ1) is 27.6.